The maximum Gasteiger partial charge on any atom is 0.323 e. The first-order valence-electron chi connectivity index (χ1n) is 7.61. The van der Waals surface area contributed by atoms with Crippen molar-refractivity contribution in [3.05, 3.63) is 24.4 Å². The summed E-state index contributed by atoms with van der Waals surface area (Å²) < 4.78 is 4.88. The van der Waals surface area contributed by atoms with Crippen molar-refractivity contribution in [1.82, 2.24) is 10.3 Å². The molecule has 0 aliphatic carbocycles. The van der Waals surface area contributed by atoms with Crippen LogP contribution >= 0.6 is 0 Å². The van der Waals surface area contributed by atoms with Gasteiger partial charge in [-0.1, -0.05) is 19.9 Å². The summed E-state index contributed by atoms with van der Waals surface area (Å²) >= 11 is 0. The summed E-state index contributed by atoms with van der Waals surface area (Å²) in [6.07, 6.45) is 3.85. The Morgan fingerprint density at radius 2 is 2.10 bits per heavy atom. The maximum absolute atomic E-state index is 11.8. The lowest BCUT2D eigenvalue weighted by Gasteiger charge is -2.35. The van der Waals surface area contributed by atoms with Crippen LogP contribution in [0.5, 0.6) is 0 Å². The van der Waals surface area contributed by atoms with Crippen LogP contribution in [0.15, 0.2) is 24.4 Å². The quantitative estimate of drug-likeness (QED) is 0.839. The van der Waals surface area contributed by atoms with Crippen LogP contribution in [0.25, 0.3) is 0 Å². The van der Waals surface area contributed by atoms with Crippen molar-refractivity contribution in [2.24, 2.45) is 5.92 Å². The molecule has 1 saturated heterocycles. The number of esters is 1. The van der Waals surface area contributed by atoms with Gasteiger partial charge >= 0.3 is 5.97 Å². The van der Waals surface area contributed by atoms with Crippen molar-refractivity contribution in [3.63, 3.8) is 0 Å². The maximum atomic E-state index is 11.8. The predicted octanol–water partition coefficient (Wildman–Crippen LogP) is 1.84. The van der Waals surface area contributed by atoms with Crippen LogP contribution in [0.1, 0.15) is 26.7 Å². The molecular formula is C16H25N3O2. The Morgan fingerprint density at radius 3 is 2.62 bits per heavy atom. The molecule has 0 amide bonds. The number of ether oxygens (including phenoxy) is 1. The number of hydrogen-bond donors (Lipinski definition) is 1. The molecule has 1 N–H and O–H groups in total. The molecule has 2 heterocycles. The summed E-state index contributed by atoms with van der Waals surface area (Å²) in [6, 6.07) is 6.12. The molecule has 5 heteroatoms. The lowest BCUT2D eigenvalue weighted by molar-refractivity contribution is -0.144. The number of carbonyl (C=O) groups is 1. The number of methoxy groups -OCH3 is 1. The van der Waals surface area contributed by atoms with Gasteiger partial charge in [0.15, 0.2) is 0 Å². The van der Waals surface area contributed by atoms with Crippen LogP contribution in [-0.2, 0) is 9.53 Å². The Hall–Kier alpha value is -1.62. The van der Waals surface area contributed by atoms with E-state index in [1.165, 1.54) is 7.11 Å². The predicted molar refractivity (Wildman–Crippen MR) is 83.2 cm³/mol. The summed E-state index contributed by atoms with van der Waals surface area (Å²) in [5, 5.41) is 3.46. The summed E-state index contributed by atoms with van der Waals surface area (Å²) in [7, 11) is 1.45. The highest BCUT2D eigenvalue weighted by Gasteiger charge is 2.28. The largest absolute Gasteiger partial charge is 0.468 e. The number of hydrogen-bond acceptors (Lipinski definition) is 5. The van der Waals surface area contributed by atoms with Gasteiger partial charge in [-0.05, 0) is 30.9 Å². The minimum Gasteiger partial charge on any atom is -0.468 e. The average molecular weight is 291 g/mol. The zero-order chi connectivity index (χ0) is 15.2. The van der Waals surface area contributed by atoms with E-state index in [-0.39, 0.29) is 17.9 Å². The van der Waals surface area contributed by atoms with Gasteiger partial charge in [0, 0.05) is 25.3 Å². The van der Waals surface area contributed by atoms with Gasteiger partial charge in [-0.15, -0.1) is 0 Å². The summed E-state index contributed by atoms with van der Waals surface area (Å²) in [5.74, 6) is 1.09. The van der Waals surface area contributed by atoms with Gasteiger partial charge in [-0.2, -0.15) is 0 Å². The number of anilines is 1. The van der Waals surface area contributed by atoms with Gasteiger partial charge in [0.2, 0.25) is 0 Å². The summed E-state index contributed by atoms with van der Waals surface area (Å²) in [5.41, 5.74) is 0. The van der Waals surface area contributed by atoms with E-state index in [4.69, 9.17) is 4.74 Å². The lowest BCUT2D eigenvalue weighted by atomic mass is 9.99. The van der Waals surface area contributed by atoms with Crippen LogP contribution in [-0.4, -0.2) is 43.2 Å². The molecule has 0 radical (unpaired) electrons. The van der Waals surface area contributed by atoms with Crippen molar-refractivity contribution < 1.29 is 9.53 Å². The molecule has 2 rings (SSSR count). The van der Waals surface area contributed by atoms with Gasteiger partial charge in [-0.25, -0.2) is 4.98 Å². The van der Waals surface area contributed by atoms with Crippen molar-refractivity contribution >= 4 is 11.8 Å². The molecule has 5 nitrogen and oxygen atoms in total. The standard InChI is InChI=1S/C16H25N3O2/c1-12(2)15(16(20)21-3)18-13-7-10-19(11-8-13)14-6-4-5-9-17-14/h4-6,9,12-13,15,18H,7-8,10-11H2,1-3H3. The van der Waals surface area contributed by atoms with Gasteiger partial charge in [0.1, 0.15) is 11.9 Å². The Kier molecular flexibility index (Phi) is 5.56. The van der Waals surface area contributed by atoms with E-state index >= 15 is 0 Å². The van der Waals surface area contributed by atoms with Gasteiger partial charge < -0.3 is 15.0 Å². The van der Waals surface area contributed by atoms with E-state index < -0.39 is 0 Å². The van der Waals surface area contributed by atoms with Gasteiger partial charge in [0.05, 0.1) is 7.11 Å². The van der Waals surface area contributed by atoms with E-state index in [0.717, 1.165) is 31.7 Å². The third-order valence-electron chi connectivity index (χ3n) is 4.01. The second-order valence-corrected chi connectivity index (χ2v) is 5.86. The van der Waals surface area contributed by atoms with Crippen LogP contribution in [0.3, 0.4) is 0 Å². The average Bonchev–Trinajstić information content (AvgIpc) is 2.53. The molecule has 0 bridgehead atoms. The molecule has 1 atom stereocenters. The van der Waals surface area contributed by atoms with E-state index in [1.807, 2.05) is 38.2 Å². The van der Waals surface area contributed by atoms with Crippen LogP contribution in [0.4, 0.5) is 5.82 Å². The SMILES string of the molecule is COC(=O)C(NC1CCN(c2ccccn2)CC1)C(C)C. The number of aromatic nitrogens is 1. The second-order valence-electron chi connectivity index (χ2n) is 5.86. The van der Waals surface area contributed by atoms with Gasteiger partial charge in [0.25, 0.3) is 0 Å². The molecule has 1 aromatic heterocycles. The highest BCUT2D eigenvalue weighted by molar-refractivity contribution is 5.76. The molecule has 0 spiro atoms. The summed E-state index contributed by atoms with van der Waals surface area (Å²) in [6.45, 7) is 6.00. The Labute approximate surface area is 126 Å². The highest BCUT2D eigenvalue weighted by atomic mass is 16.5. The van der Waals surface area contributed by atoms with E-state index in [0.29, 0.717) is 6.04 Å². The number of nitrogens with zero attached hydrogens (tertiary/aromatic N) is 2. The molecule has 1 aromatic rings. The van der Waals surface area contributed by atoms with Crippen molar-refractivity contribution in [2.75, 3.05) is 25.1 Å². The fourth-order valence-corrected chi connectivity index (χ4v) is 2.73. The molecular weight excluding hydrogens is 266 g/mol. The van der Waals surface area contributed by atoms with Gasteiger partial charge in [-0.3, -0.25) is 4.79 Å². The zero-order valence-corrected chi connectivity index (χ0v) is 13.1. The minimum absolute atomic E-state index is 0.169. The van der Waals surface area contributed by atoms with Crippen molar-refractivity contribution in [3.8, 4) is 0 Å². The zero-order valence-electron chi connectivity index (χ0n) is 13.1. The van der Waals surface area contributed by atoms with Crippen LogP contribution in [0, 0.1) is 5.92 Å². The number of nitrogens with one attached hydrogen (secondary N) is 1. The normalized spacial score (nSPS) is 17.8. The Bertz CT molecular complexity index is 442. The second kappa shape index (κ2) is 7.41. The third-order valence-corrected chi connectivity index (χ3v) is 4.01. The van der Waals surface area contributed by atoms with Crippen molar-refractivity contribution in [2.45, 2.75) is 38.8 Å². The first-order chi connectivity index (χ1) is 10.1. The summed E-state index contributed by atoms with van der Waals surface area (Å²) in [4.78, 5) is 18.5. The Morgan fingerprint density at radius 1 is 1.38 bits per heavy atom. The molecule has 1 aliphatic rings. The molecule has 1 fully saturated rings. The topological polar surface area (TPSA) is 54.5 Å². The molecule has 0 saturated carbocycles. The molecule has 1 aliphatic heterocycles. The number of pyridine rings is 1. The third kappa shape index (κ3) is 4.17. The molecule has 0 aromatic carbocycles. The lowest BCUT2D eigenvalue weighted by Crippen LogP contribution is -2.51. The monoisotopic (exact) mass is 291 g/mol. The fourth-order valence-electron chi connectivity index (χ4n) is 2.73. The number of carbonyl (C=O) groups excluding carboxylic acids is 1. The van der Waals surface area contributed by atoms with Crippen LogP contribution < -0.4 is 10.2 Å². The van der Waals surface area contributed by atoms with E-state index in [2.05, 4.69) is 15.2 Å². The number of rotatable bonds is 5. The first kappa shape index (κ1) is 15.8. The fraction of sp³-hybridized carbons (Fsp3) is 0.625. The molecule has 116 valence electrons. The van der Waals surface area contributed by atoms with E-state index in [1.54, 1.807) is 0 Å². The molecule has 21 heavy (non-hydrogen) atoms. The van der Waals surface area contributed by atoms with E-state index in [9.17, 15) is 4.79 Å². The highest BCUT2D eigenvalue weighted by Crippen LogP contribution is 2.18. The van der Waals surface area contributed by atoms with Crippen LogP contribution in [0.2, 0.25) is 0 Å². The Balaban J connectivity index is 1.87. The molecule has 1 unspecified atom stereocenters. The smallest absolute Gasteiger partial charge is 0.323 e. The first-order valence-corrected chi connectivity index (χ1v) is 7.61. The number of piperidine rings is 1. The van der Waals surface area contributed by atoms with Crippen molar-refractivity contribution in [1.29, 1.82) is 0 Å². The minimum atomic E-state index is -0.221.